The molecular weight excluding hydrogens is 379 g/mol. The molecule has 0 unspecified atom stereocenters. The predicted octanol–water partition coefficient (Wildman–Crippen LogP) is 5.28. The number of benzene rings is 1. The molecule has 0 atom stereocenters. The van der Waals surface area contributed by atoms with Gasteiger partial charge in [0.1, 0.15) is 10.4 Å². The van der Waals surface area contributed by atoms with Gasteiger partial charge in [-0.1, -0.05) is 32.4 Å². The zero-order chi connectivity index (χ0) is 19.4. The number of oxazole rings is 1. The maximum Gasteiger partial charge on any atom is 0.390 e. The van der Waals surface area contributed by atoms with Gasteiger partial charge in [0.15, 0.2) is 15.4 Å². The molecule has 0 bridgehead atoms. The van der Waals surface area contributed by atoms with E-state index in [1.165, 1.54) is 12.1 Å². The normalized spacial score (nSPS) is 14.3. The van der Waals surface area contributed by atoms with Crippen molar-refractivity contribution in [3.8, 4) is 0 Å². The molecule has 0 spiro atoms. The molecule has 2 rings (SSSR count). The van der Waals surface area contributed by atoms with Crippen molar-refractivity contribution in [1.82, 2.24) is 4.98 Å². The third-order valence-corrected chi connectivity index (χ3v) is 6.70. The maximum absolute atomic E-state index is 13.0. The fraction of sp³-hybridized carbons (Fsp3) is 0.562. The van der Waals surface area contributed by atoms with Crippen molar-refractivity contribution < 1.29 is 26.0 Å². The third kappa shape index (κ3) is 3.79. The van der Waals surface area contributed by atoms with Crippen LogP contribution >= 0.6 is 11.6 Å². The van der Waals surface area contributed by atoms with Crippen LogP contribution in [0.15, 0.2) is 21.4 Å². The highest BCUT2D eigenvalue weighted by Crippen LogP contribution is 2.42. The number of rotatable bonds is 3. The van der Waals surface area contributed by atoms with Crippen LogP contribution in [0.25, 0.3) is 11.1 Å². The number of sulfone groups is 1. The van der Waals surface area contributed by atoms with E-state index >= 15 is 0 Å². The van der Waals surface area contributed by atoms with Crippen molar-refractivity contribution in [2.45, 2.75) is 62.3 Å². The van der Waals surface area contributed by atoms with Gasteiger partial charge in [-0.05, 0) is 26.0 Å². The maximum atomic E-state index is 13.0. The van der Waals surface area contributed by atoms with Gasteiger partial charge in [-0.15, -0.1) is 0 Å². The molecule has 1 aromatic carbocycles. The lowest BCUT2D eigenvalue weighted by atomic mass is 9.97. The highest BCUT2D eigenvalue weighted by molar-refractivity contribution is 7.93. The van der Waals surface area contributed by atoms with Gasteiger partial charge < -0.3 is 4.42 Å². The Kier molecular flexibility index (Phi) is 4.71. The fourth-order valence-corrected chi connectivity index (χ4v) is 4.44. The van der Waals surface area contributed by atoms with Gasteiger partial charge in [-0.2, -0.15) is 13.2 Å². The van der Waals surface area contributed by atoms with Crippen molar-refractivity contribution in [1.29, 1.82) is 0 Å². The first-order valence-corrected chi connectivity index (χ1v) is 9.33. The predicted molar refractivity (Wildman–Crippen MR) is 89.7 cm³/mol. The first kappa shape index (κ1) is 20.0. The van der Waals surface area contributed by atoms with E-state index in [0.717, 1.165) is 13.8 Å². The molecule has 4 nitrogen and oxygen atoms in total. The third-order valence-electron chi connectivity index (χ3n) is 3.73. The summed E-state index contributed by atoms with van der Waals surface area (Å²) in [7, 11) is -4.45. The van der Waals surface area contributed by atoms with Crippen LogP contribution in [0.2, 0.25) is 5.02 Å². The van der Waals surface area contributed by atoms with Gasteiger partial charge in [-0.3, -0.25) is 0 Å². The molecule has 9 heteroatoms. The number of hydrogen-bond donors (Lipinski definition) is 0. The van der Waals surface area contributed by atoms with Crippen LogP contribution < -0.4 is 0 Å². The first-order valence-electron chi connectivity index (χ1n) is 7.47. The molecule has 1 aromatic heterocycles. The number of nitrogens with zero attached hydrogens (tertiary/aromatic N) is 1. The van der Waals surface area contributed by atoms with Gasteiger partial charge >= 0.3 is 6.18 Å². The zero-order valence-electron chi connectivity index (χ0n) is 14.5. The van der Waals surface area contributed by atoms with Crippen LogP contribution in [0, 0.1) is 0 Å². The molecule has 0 radical (unpaired) electrons. The zero-order valence-corrected chi connectivity index (χ0v) is 16.0. The van der Waals surface area contributed by atoms with Gasteiger partial charge in [0.05, 0.1) is 16.2 Å². The number of halogens is 4. The van der Waals surface area contributed by atoms with E-state index in [1.54, 1.807) is 0 Å². The van der Waals surface area contributed by atoms with Crippen LogP contribution in [0.5, 0.6) is 0 Å². The average Bonchev–Trinajstić information content (AvgIpc) is 2.78. The smallest absolute Gasteiger partial charge is 0.390 e. The molecule has 25 heavy (non-hydrogen) atoms. The summed E-state index contributed by atoms with van der Waals surface area (Å²) in [5.41, 5.74) is -0.392. The second-order valence-electron chi connectivity index (χ2n) is 7.55. The standard InChI is InChI=1S/C16H19ClF3NO3S/c1-14(2,3)13-21-10-7-6-9(17)12(11(10)24-13)25(22,23)15(4,5)8-16(18,19)20/h6-7H,8H2,1-5H3. The quantitative estimate of drug-likeness (QED) is 0.706. The Balaban J connectivity index is 2.75. The first-order chi connectivity index (χ1) is 11.1. The van der Waals surface area contributed by atoms with Crippen molar-refractivity contribution in [3.63, 3.8) is 0 Å². The minimum Gasteiger partial charge on any atom is -0.439 e. The SMILES string of the molecule is CC(C)(C)c1nc2ccc(Cl)c(S(=O)(=O)C(C)(C)CC(F)(F)F)c2o1. The Morgan fingerprint density at radius 3 is 2.16 bits per heavy atom. The Morgan fingerprint density at radius 1 is 1.12 bits per heavy atom. The molecule has 140 valence electrons. The van der Waals surface area contributed by atoms with E-state index in [4.69, 9.17) is 16.0 Å². The molecule has 0 aliphatic heterocycles. The van der Waals surface area contributed by atoms with E-state index in [9.17, 15) is 21.6 Å². The second kappa shape index (κ2) is 5.87. The molecule has 2 aromatic rings. The summed E-state index contributed by atoms with van der Waals surface area (Å²) in [6.07, 6.45) is -6.15. The van der Waals surface area contributed by atoms with Crippen LogP contribution in [-0.2, 0) is 15.3 Å². The average molecular weight is 398 g/mol. The Bertz CT molecular complexity index is 909. The summed E-state index contributed by atoms with van der Waals surface area (Å²) >= 11 is 6.04. The highest BCUT2D eigenvalue weighted by atomic mass is 35.5. The second-order valence-corrected chi connectivity index (χ2v) is 10.5. The van der Waals surface area contributed by atoms with Gasteiger partial charge in [0.25, 0.3) is 0 Å². The van der Waals surface area contributed by atoms with E-state index in [2.05, 4.69) is 4.98 Å². The van der Waals surface area contributed by atoms with E-state index in [1.807, 2.05) is 20.8 Å². The molecular formula is C16H19ClF3NO3S. The van der Waals surface area contributed by atoms with Crippen molar-refractivity contribution in [2.75, 3.05) is 0 Å². The summed E-state index contributed by atoms with van der Waals surface area (Å²) in [6.45, 7) is 7.50. The Labute approximate surface area is 149 Å². The Morgan fingerprint density at radius 2 is 1.68 bits per heavy atom. The monoisotopic (exact) mass is 397 g/mol. The summed E-state index contributed by atoms with van der Waals surface area (Å²) in [6, 6.07) is 2.78. The van der Waals surface area contributed by atoms with Crippen LogP contribution in [0.4, 0.5) is 13.2 Å². The van der Waals surface area contributed by atoms with E-state index in [0.29, 0.717) is 0 Å². The van der Waals surface area contributed by atoms with Gasteiger partial charge in [-0.25, -0.2) is 13.4 Å². The van der Waals surface area contributed by atoms with E-state index in [-0.39, 0.29) is 22.0 Å². The molecule has 0 amide bonds. The number of hydrogen-bond acceptors (Lipinski definition) is 4. The van der Waals surface area contributed by atoms with Crippen molar-refractivity contribution in [3.05, 3.63) is 23.0 Å². The summed E-state index contributed by atoms with van der Waals surface area (Å²) in [5, 5.41) is -0.195. The molecule has 0 saturated carbocycles. The van der Waals surface area contributed by atoms with Crippen molar-refractivity contribution >= 4 is 32.5 Å². The number of alkyl halides is 3. The van der Waals surface area contributed by atoms with Crippen molar-refractivity contribution in [2.24, 2.45) is 0 Å². The topological polar surface area (TPSA) is 60.2 Å². The van der Waals surface area contributed by atoms with Gasteiger partial charge in [0, 0.05) is 5.41 Å². The summed E-state index contributed by atoms with van der Waals surface area (Å²) in [5.74, 6) is 0.273. The van der Waals surface area contributed by atoms with Gasteiger partial charge in [0.2, 0.25) is 5.89 Å². The highest BCUT2D eigenvalue weighted by Gasteiger charge is 2.47. The number of fused-ring (bicyclic) bond motifs is 1. The molecule has 0 aliphatic carbocycles. The van der Waals surface area contributed by atoms with Crippen LogP contribution in [0.1, 0.15) is 46.9 Å². The summed E-state index contributed by atoms with van der Waals surface area (Å²) < 4.78 is 67.9. The summed E-state index contributed by atoms with van der Waals surface area (Å²) in [4.78, 5) is 3.79. The lowest BCUT2D eigenvalue weighted by molar-refractivity contribution is -0.139. The molecule has 1 heterocycles. The minimum atomic E-state index is -4.64. The minimum absolute atomic E-state index is 0.118. The largest absolute Gasteiger partial charge is 0.439 e. The lowest BCUT2D eigenvalue weighted by Gasteiger charge is -2.26. The lowest BCUT2D eigenvalue weighted by Crippen LogP contribution is -2.37. The molecule has 0 aliphatic rings. The molecule has 0 saturated heterocycles. The Hall–Kier alpha value is -1.28. The van der Waals surface area contributed by atoms with Crippen LogP contribution in [-0.4, -0.2) is 24.3 Å². The molecule has 0 fully saturated rings. The fourth-order valence-electron chi connectivity index (χ4n) is 2.37. The number of aromatic nitrogens is 1. The van der Waals surface area contributed by atoms with Crippen LogP contribution in [0.3, 0.4) is 0 Å². The molecule has 0 N–H and O–H groups in total. The van der Waals surface area contributed by atoms with E-state index < -0.39 is 37.5 Å².